The van der Waals surface area contributed by atoms with Gasteiger partial charge < -0.3 is 10.1 Å². The van der Waals surface area contributed by atoms with E-state index in [0.717, 1.165) is 0 Å². The topological polar surface area (TPSA) is 142 Å². The summed E-state index contributed by atoms with van der Waals surface area (Å²) in [7, 11) is -2.27. The molecule has 0 saturated carbocycles. The molecular formula is C16H15ClN6O4S. The van der Waals surface area contributed by atoms with Crippen LogP contribution in [0.2, 0.25) is 5.02 Å². The predicted molar refractivity (Wildman–Crippen MR) is 102 cm³/mol. The number of rotatable bonds is 6. The van der Waals surface area contributed by atoms with Gasteiger partial charge in [-0.25, -0.2) is 13.6 Å². The second-order valence-corrected chi connectivity index (χ2v) is 7.74. The van der Waals surface area contributed by atoms with Gasteiger partial charge in [0.1, 0.15) is 12.1 Å². The fourth-order valence-electron chi connectivity index (χ4n) is 2.51. The van der Waals surface area contributed by atoms with E-state index in [0.29, 0.717) is 16.9 Å². The third-order valence-electron chi connectivity index (χ3n) is 3.66. The molecule has 28 heavy (non-hydrogen) atoms. The Labute approximate surface area is 165 Å². The molecule has 0 saturated heterocycles. The lowest BCUT2D eigenvalue weighted by molar-refractivity contribution is 0.102. The standard InChI is InChI=1S/C16H15ClN6O4S/c1-27-15-7-14(23-9-19-21-22-23)13(17)6-12(15)16(24)20-11-4-2-3-10(5-11)8-28(18,25)26/h2-7,9H,8H2,1H3,(H,20,24)(H2,18,25,26). The summed E-state index contributed by atoms with van der Waals surface area (Å²) >= 11 is 6.26. The lowest BCUT2D eigenvalue weighted by Crippen LogP contribution is -2.16. The Kier molecular flexibility index (Phi) is 5.58. The molecule has 0 radical (unpaired) electrons. The van der Waals surface area contributed by atoms with E-state index in [1.807, 2.05) is 0 Å². The molecule has 1 amide bonds. The molecular weight excluding hydrogens is 408 g/mol. The number of nitrogens with zero attached hydrogens (tertiary/aromatic N) is 4. The van der Waals surface area contributed by atoms with E-state index in [1.54, 1.807) is 18.2 Å². The van der Waals surface area contributed by atoms with Crippen molar-refractivity contribution >= 4 is 33.2 Å². The highest BCUT2D eigenvalue weighted by Gasteiger charge is 2.18. The molecule has 0 unspecified atom stereocenters. The van der Waals surface area contributed by atoms with Crippen LogP contribution < -0.4 is 15.2 Å². The van der Waals surface area contributed by atoms with E-state index in [4.69, 9.17) is 21.5 Å². The van der Waals surface area contributed by atoms with Crippen molar-refractivity contribution in [3.8, 4) is 11.4 Å². The number of methoxy groups -OCH3 is 1. The average Bonchev–Trinajstić information content (AvgIpc) is 3.14. The molecule has 3 N–H and O–H groups in total. The van der Waals surface area contributed by atoms with Gasteiger partial charge in [0, 0.05) is 11.8 Å². The van der Waals surface area contributed by atoms with E-state index < -0.39 is 15.9 Å². The van der Waals surface area contributed by atoms with E-state index in [2.05, 4.69) is 20.8 Å². The first-order chi connectivity index (χ1) is 13.3. The minimum atomic E-state index is -3.69. The Hall–Kier alpha value is -3.02. The Morgan fingerprint density at radius 2 is 2.11 bits per heavy atom. The number of halogens is 1. The molecule has 0 aliphatic rings. The number of tetrazole rings is 1. The van der Waals surface area contributed by atoms with Crippen LogP contribution in [0.3, 0.4) is 0 Å². The number of hydrogen-bond donors (Lipinski definition) is 2. The zero-order chi connectivity index (χ0) is 20.3. The third-order valence-corrected chi connectivity index (χ3v) is 4.70. The summed E-state index contributed by atoms with van der Waals surface area (Å²) in [6.45, 7) is 0. The van der Waals surface area contributed by atoms with Crippen LogP contribution in [0.4, 0.5) is 5.69 Å². The van der Waals surface area contributed by atoms with Gasteiger partial charge in [-0.05, 0) is 34.2 Å². The number of carbonyl (C=O) groups is 1. The van der Waals surface area contributed by atoms with Crippen molar-refractivity contribution in [1.82, 2.24) is 20.2 Å². The zero-order valence-electron chi connectivity index (χ0n) is 14.5. The highest BCUT2D eigenvalue weighted by molar-refractivity contribution is 7.88. The molecule has 0 spiro atoms. The molecule has 2 aromatic carbocycles. The number of ether oxygens (including phenoxy) is 1. The van der Waals surface area contributed by atoms with E-state index >= 15 is 0 Å². The normalized spacial score (nSPS) is 11.2. The van der Waals surface area contributed by atoms with Gasteiger partial charge in [0.2, 0.25) is 10.0 Å². The van der Waals surface area contributed by atoms with Gasteiger partial charge in [0.05, 0.1) is 29.1 Å². The Bertz CT molecular complexity index is 1120. The number of nitrogens with one attached hydrogen (secondary N) is 1. The number of nitrogens with two attached hydrogens (primary N) is 1. The number of amides is 1. The smallest absolute Gasteiger partial charge is 0.259 e. The molecule has 0 bridgehead atoms. The molecule has 0 atom stereocenters. The van der Waals surface area contributed by atoms with E-state index in [9.17, 15) is 13.2 Å². The van der Waals surface area contributed by atoms with Crippen LogP contribution >= 0.6 is 11.6 Å². The number of carbonyl (C=O) groups excluding carboxylic acids is 1. The maximum atomic E-state index is 12.7. The average molecular weight is 423 g/mol. The molecule has 12 heteroatoms. The molecule has 10 nitrogen and oxygen atoms in total. The lowest BCUT2D eigenvalue weighted by atomic mass is 10.1. The molecule has 3 rings (SSSR count). The maximum Gasteiger partial charge on any atom is 0.259 e. The van der Waals surface area contributed by atoms with Gasteiger partial charge in [-0.1, -0.05) is 23.7 Å². The van der Waals surface area contributed by atoms with Gasteiger partial charge in [0.15, 0.2) is 0 Å². The number of aromatic nitrogens is 4. The van der Waals surface area contributed by atoms with Crippen molar-refractivity contribution in [2.45, 2.75) is 5.75 Å². The largest absolute Gasteiger partial charge is 0.496 e. The Morgan fingerprint density at radius 3 is 2.75 bits per heavy atom. The van der Waals surface area contributed by atoms with Crippen LogP contribution in [0.15, 0.2) is 42.7 Å². The first kappa shape index (κ1) is 19.7. The van der Waals surface area contributed by atoms with Crippen LogP contribution in [0.25, 0.3) is 5.69 Å². The lowest BCUT2D eigenvalue weighted by Gasteiger charge is -2.13. The quantitative estimate of drug-likeness (QED) is 0.610. The number of benzene rings is 2. The van der Waals surface area contributed by atoms with Crippen LogP contribution in [-0.2, 0) is 15.8 Å². The van der Waals surface area contributed by atoms with E-state index in [-0.39, 0.29) is 22.1 Å². The van der Waals surface area contributed by atoms with Gasteiger partial charge in [-0.3, -0.25) is 4.79 Å². The molecule has 3 aromatic rings. The van der Waals surface area contributed by atoms with Crippen LogP contribution in [-0.4, -0.2) is 41.6 Å². The molecule has 0 aliphatic heterocycles. The number of hydrogen-bond acceptors (Lipinski definition) is 7. The van der Waals surface area contributed by atoms with Gasteiger partial charge >= 0.3 is 0 Å². The van der Waals surface area contributed by atoms with Crippen LogP contribution in [0.1, 0.15) is 15.9 Å². The van der Waals surface area contributed by atoms with Crippen molar-refractivity contribution in [2.24, 2.45) is 5.14 Å². The van der Waals surface area contributed by atoms with Gasteiger partial charge in [0.25, 0.3) is 5.91 Å². The fourth-order valence-corrected chi connectivity index (χ4v) is 3.40. The van der Waals surface area contributed by atoms with E-state index in [1.165, 1.54) is 36.3 Å². The summed E-state index contributed by atoms with van der Waals surface area (Å²) in [4.78, 5) is 12.7. The second kappa shape index (κ2) is 7.92. The summed E-state index contributed by atoms with van der Waals surface area (Å²) in [5.74, 6) is -0.574. The van der Waals surface area contributed by atoms with Crippen molar-refractivity contribution in [3.63, 3.8) is 0 Å². The Morgan fingerprint density at radius 1 is 1.32 bits per heavy atom. The summed E-state index contributed by atoms with van der Waals surface area (Å²) in [6, 6.07) is 9.31. The molecule has 0 aliphatic carbocycles. The minimum absolute atomic E-state index is 0.182. The molecule has 1 aromatic heterocycles. The number of anilines is 1. The molecule has 146 valence electrons. The highest BCUT2D eigenvalue weighted by atomic mass is 35.5. The molecule has 0 fully saturated rings. The number of sulfonamides is 1. The molecule has 1 heterocycles. The summed E-state index contributed by atoms with van der Waals surface area (Å²) < 4.78 is 29.1. The summed E-state index contributed by atoms with van der Waals surface area (Å²) in [6.07, 6.45) is 1.36. The zero-order valence-corrected chi connectivity index (χ0v) is 16.1. The van der Waals surface area contributed by atoms with Crippen molar-refractivity contribution in [2.75, 3.05) is 12.4 Å². The first-order valence-corrected chi connectivity index (χ1v) is 9.88. The third kappa shape index (κ3) is 4.63. The summed E-state index contributed by atoms with van der Waals surface area (Å²) in [5, 5.41) is 18.8. The van der Waals surface area contributed by atoms with Gasteiger partial charge in [-0.15, -0.1) is 5.10 Å². The predicted octanol–water partition coefficient (Wildman–Crippen LogP) is 1.37. The second-order valence-electron chi connectivity index (χ2n) is 5.72. The van der Waals surface area contributed by atoms with Crippen molar-refractivity contribution in [1.29, 1.82) is 0 Å². The van der Waals surface area contributed by atoms with Crippen LogP contribution in [0.5, 0.6) is 5.75 Å². The van der Waals surface area contributed by atoms with Gasteiger partial charge in [-0.2, -0.15) is 4.68 Å². The van der Waals surface area contributed by atoms with Crippen molar-refractivity contribution in [3.05, 3.63) is 58.9 Å². The summed E-state index contributed by atoms with van der Waals surface area (Å²) in [5.41, 5.74) is 1.46. The SMILES string of the molecule is COc1cc(-n2cnnn2)c(Cl)cc1C(=O)Nc1cccc(CS(N)(=O)=O)c1. The first-order valence-electron chi connectivity index (χ1n) is 7.78. The Balaban J connectivity index is 1.89. The minimum Gasteiger partial charge on any atom is -0.496 e. The number of primary sulfonamides is 1. The highest BCUT2D eigenvalue weighted by Crippen LogP contribution is 2.30. The fraction of sp³-hybridized carbons (Fsp3) is 0.125. The maximum absolute atomic E-state index is 12.7. The monoisotopic (exact) mass is 422 g/mol. The van der Waals surface area contributed by atoms with Crippen LogP contribution in [0, 0.1) is 0 Å². The van der Waals surface area contributed by atoms with Crippen molar-refractivity contribution < 1.29 is 17.9 Å².